The van der Waals surface area contributed by atoms with E-state index in [0.717, 1.165) is 44.2 Å². The minimum Gasteiger partial charge on any atom is -0.377 e. The van der Waals surface area contributed by atoms with Crippen molar-refractivity contribution < 1.29 is 4.74 Å². The Morgan fingerprint density at radius 3 is 2.84 bits per heavy atom. The van der Waals surface area contributed by atoms with Crippen LogP contribution in [0.5, 0.6) is 0 Å². The molecule has 1 unspecified atom stereocenters. The Morgan fingerprint density at radius 1 is 1.42 bits per heavy atom. The smallest absolute Gasteiger partial charge is 0.225 e. The van der Waals surface area contributed by atoms with Crippen molar-refractivity contribution in [3.63, 3.8) is 0 Å². The summed E-state index contributed by atoms with van der Waals surface area (Å²) in [6.45, 7) is 9.84. The van der Waals surface area contributed by atoms with E-state index in [-0.39, 0.29) is 6.10 Å². The van der Waals surface area contributed by atoms with Crippen LogP contribution < -0.4 is 10.2 Å². The number of nitrogens with zero attached hydrogens (tertiary/aromatic N) is 3. The third-order valence-electron chi connectivity index (χ3n) is 3.14. The van der Waals surface area contributed by atoms with E-state index in [4.69, 9.17) is 4.74 Å². The van der Waals surface area contributed by atoms with Crippen molar-refractivity contribution in [2.45, 2.75) is 45.9 Å². The number of hydrogen-bond donors (Lipinski definition) is 1. The normalized spacial score (nSPS) is 20.6. The van der Waals surface area contributed by atoms with Crippen molar-refractivity contribution in [2.24, 2.45) is 0 Å². The molecule has 2 rings (SSSR count). The van der Waals surface area contributed by atoms with Crippen LogP contribution >= 0.6 is 0 Å². The Hall–Kier alpha value is -1.20. The molecule has 1 fully saturated rings. The van der Waals surface area contributed by atoms with Gasteiger partial charge in [-0.15, -0.1) is 0 Å². The SMILES string of the molecule is CC(C)NCc1cnc(N2CCCOC(C)C2)nc1. The first-order chi connectivity index (χ1) is 9.15. The number of hydrogen-bond acceptors (Lipinski definition) is 5. The highest BCUT2D eigenvalue weighted by Gasteiger charge is 2.17. The van der Waals surface area contributed by atoms with Crippen LogP contribution in [0.3, 0.4) is 0 Å². The van der Waals surface area contributed by atoms with Gasteiger partial charge in [-0.05, 0) is 13.3 Å². The molecule has 0 radical (unpaired) electrons. The Balaban J connectivity index is 1.96. The van der Waals surface area contributed by atoms with Gasteiger partial charge in [-0.3, -0.25) is 0 Å². The molecule has 0 saturated carbocycles. The minimum absolute atomic E-state index is 0.244. The van der Waals surface area contributed by atoms with E-state index >= 15 is 0 Å². The number of aromatic nitrogens is 2. The summed E-state index contributed by atoms with van der Waals surface area (Å²) in [6, 6.07) is 0.475. The predicted octanol–water partition coefficient (Wildman–Crippen LogP) is 1.59. The molecule has 0 bridgehead atoms. The highest BCUT2D eigenvalue weighted by Crippen LogP contribution is 2.12. The molecule has 0 spiro atoms. The fourth-order valence-corrected chi connectivity index (χ4v) is 2.10. The highest BCUT2D eigenvalue weighted by molar-refractivity contribution is 5.30. The molecule has 0 amide bonds. The van der Waals surface area contributed by atoms with Gasteiger partial charge in [0.2, 0.25) is 5.95 Å². The Kier molecular flexibility index (Phi) is 5.10. The summed E-state index contributed by atoms with van der Waals surface area (Å²) in [5.74, 6) is 0.811. The molecular formula is C14H24N4O. The Bertz CT molecular complexity index is 380. The number of ether oxygens (including phenoxy) is 1. The first-order valence-electron chi connectivity index (χ1n) is 7.06. The van der Waals surface area contributed by atoms with Crippen molar-refractivity contribution >= 4 is 5.95 Å². The van der Waals surface area contributed by atoms with E-state index in [0.29, 0.717) is 6.04 Å². The van der Waals surface area contributed by atoms with Gasteiger partial charge in [-0.2, -0.15) is 0 Å². The maximum absolute atomic E-state index is 5.64. The summed E-state index contributed by atoms with van der Waals surface area (Å²) in [6.07, 6.45) is 5.10. The van der Waals surface area contributed by atoms with Gasteiger partial charge in [0.15, 0.2) is 0 Å². The zero-order chi connectivity index (χ0) is 13.7. The lowest BCUT2D eigenvalue weighted by Gasteiger charge is -2.22. The van der Waals surface area contributed by atoms with E-state index in [1.807, 2.05) is 12.4 Å². The van der Waals surface area contributed by atoms with Crippen LogP contribution in [0.2, 0.25) is 0 Å². The molecule has 2 heterocycles. The number of nitrogens with one attached hydrogen (secondary N) is 1. The summed E-state index contributed by atoms with van der Waals surface area (Å²) >= 11 is 0. The van der Waals surface area contributed by atoms with Crippen molar-refractivity contribution in [3.8, 4) is 0 Å². The molecule has 106 valence electrons. The van der Waals surface area contributed by atoms with Gasteiger partial charge in [0.1, 0.15) is 0 Å². The van der Waals surface area contributed by atoms with Crippen LogP contribution in [-0.4, -0.2) is 41.8 Å². The molecule has 5 heteroatoms. The molecule has 5 nitrogen and oxygen atoms in total. The summed E-state index contributed by atoms with van der Waals surface area (Å²) < 4.78 is 5.64. The molecular weight excluding hydrogens is 240 g/mol. The lowest BCUT2D eigenvalue weighted by Crippen LogP contribution is -2.31. The molecule has 1 aliphatic rings. The third-order valence-corrected chi connectivity index (χ3v) is 3.14. The van der Waals surface area contributed by atoms with Gasteiger partial charge in [0.25, 0.3) is 0 Å². The Labute approximate surface area is 115 Å². The Morgan fingerprint density at radius 2 is 2.16 bits per heavy atom. The van der Waals surface area contributed by atoms with Crippen LogP contribution in [0.4, 0.5) is 5.95 Å². The molecule has 1 aromatic heterocycles. The van der Waals surface area contributed by atoms with Gasteiger partial charge in [0, 0.05) is 50.2 Å². The second-order valence-electron chi connectivity index (χ2n) is 5.41. The van der Waals surface area contributed by atoms with Gasteiger partial charge in [0.05, 0.1) is 6.10 Å². The van der Waals surface area contributed by atoms with Crippen LogP contribution in [0.25, 0.3) is 0 Å². The number of rotatable bonds is 4. The lowest BCUT2D eigenvalue weighted by molar-refractivity contribution is 0.0820. The summed E-state index contributed by atoms with van der Waals surface area (Å²) in [5, 5.41) is 3.36. The largest absolute Gasteiger partial charge is 0.377 e. The van der Waals surface area contributed by atoms with Crippen molar-refractivity contribution in [1.82, 2.24) is 15.3 Å². The molecule has 0 aliphatic carbocycles. The van der Waals surface area contributed by atoms with Crippen molar-refractivity contribution in [2.75, 3.05) is 24.6 Å². The zero-order valence-electron chi connectivity index (χ0n) is 12.1. The average Bonchev–Trinajstić information content (AvgIpc) is 2.62. The quantitative estimate of drug-likeness (QED) is 0.895. The molecule has 1 saturated heterocycles. The topological polar surface area (TPSA) is 50.3 Å². The minimum atomic E-state index is 0.244. The van der Waals surface area contributed by atoms with Gasteiger partial charge >= 0.3 is 0 Å². The van der Waals surface area contributed by atoms with E-state index in [2.05, 4.69) is 41.0 Å². The van der Waals surface area contributed by atoms with Crippen LogP contribution in [0.1, 0.15) is 32.8 Å². The monoisotopic (exact) mass is 264 g/mol. The van der Waals surface area contributed by atoms with Gasteiger partial charge in [-0.1, -0.05) is 13.8 Å². The average molecular weight is 264 g/mol. The summed E-state index contributed by atoms with van der Waals surface area (Å²) in [5.41, 5.74) is 1.12. The van der Waals surface area contributed by atoms with E-state index in [1.165, 1.54) is 0 Å². The number of anilines is 1. The van der Waals surface area contributed by atoms with Gasteiger partial charge in [-0.25, -0.2) is 9.97 Å². The zero-order valence-corrected chi connectivity index (χ0v) is 12.1. The fourth-order valence-electron chi connectivity index (χ4n) is 2.10. The van der Waals surface area contributed by atoms with Crippen LogP contribution in [0.15, 0.2) is 12.4 Å². The molecule has 1 N–H and O–H groups in total. The standard InChI is InChI=1S/C14H24N4O/c1-11(2)15-7-13-8-16-14(17-9-13)18-5-4-6-19-12(3)10-18/h8-9,11-12,15H,4-7,10H2,1-3H3. The second-order valence-corrected chi connectivity index (χ2v) is 5.41. The first kappa shape index (κ1) is 14.2. The van der Waals surface area contributed by atoms with E-state index in [1.54, 1.807) is 0 Å². The molecule has 1 atom stereocenters. The summed E-state index contributed by atoms with van der Waals surface area (Å²) in [7, 11) is 0. The first-order valence-corrected chi connectivity index (χ1v) is 7.06. The third kappa shape index (κ3) is 4.44. The maximum atomic E-state index is 5.64. The van der Waals surface area contributed by atoms with E-state index in [9.17, 15) is 0 Å². The molecule has 0 aromatic carbocycles. The molecule has 1 aliphatic heterocycles. The molecule has 19 heavy (non-hydrogen) atoms. The lowest BCUT2D eigenvalue weighted by atomic mass is 10.3. The van der Waals surface area contributed by atoms with Crippen LogP contribution in [-0.2, 0) is 11.3 Å². The van der Waals surface area contributed by atoms with Crippen molar-refractivity contribution in [1.29, 1.82) is 0 Å². The molecule has 1 aromatic rings. The van der Waals surface area contributed by atoms with Crippen molar-refractivity contribution in [3.05, 3.63) is 18.0 Å². The summed E-state index contributed by atoms with van der Waals surface area (Å²) in [4.78, 5) is 11.2. The fraction of sp³-hybridized carbons (Fsp3) is 0.714. The highest BCUT2D eigenvalue weighted by atomic mass is 16.5. The second kappa shape index (κ2) is 6.82. The van der Waals surface area contributed by atoms with Gasteiger partial charge < -0.3 is 15.0 Å². The van der Waals surface area contributed by atoms with Crippen LogP contribution in [0, 0.1) is 0 Å². The predicted molar refractivity (Wildman–Crippen MR) is 76.3 cm³/mol. The maximum Gasteiger partial charge on any atom is 0.225 e. The van der Waals surface area contributed by atoms with E-state index < -0.39 is 0 Å².